The molecule has 5 rings (SSSR count). The number of hydrogen-bond donors (Lipinski definition) is 0. The van der Waals surface area contributed by atoms with Crippen LogP contribution in [0.25, 0.3) is 21.3 Å². The maximum atomic E-state index is 13.6. The van der Waals surface area contributed by atoms with Gasteiger partial charge in [-0.05, 0) is 47.0 Å². The zero-order valence-corrected chi connectivity index (χ0v) is 18.8. The van der Waals surface area contributed by atoms with E-state index in [1.54, 1.807) is 24.4 Å². The molecule has 5 nitrogen and oxygen atoms in total. The number of hydrogen-bond acceptors (Lipinski definition) is 5. The standard InChI is InChI=1S/C27H21N3O2S/c1-32-23-13-14-25-24(16-23)29-27(33-25)30(18-19-6-5-15-28-17-19)26(31)22-11-9-21(10-12-22)20-7-3-2-4-8-20/h2-17H,18H2,1H3. The van der Waals surface area contributed by atoms with Gasteiger partial charge in [0, 0.05) is 24.0 Å². The molecule has 0 fully saturated rings. The Morgan fingerprint density at radius 2 is 1.73 bits per heavy atom. The molecule has 0 aliphatic carbocycles. The van der Waals surface area contributed by atoms with E-state index in [4.69, 9.17) is 9.72 Å². The van der Waals surface area contributed by atoms with Crippen LogP contribution in [0, 0.1) is 0 Å². The highest BCUT2D eigenvalue weighted by atomic mass is 32.1. The molecule has 2 aromatic heterocycles. The van der Waals surface area contributed by atoms with Gasteiger partial charge < -0.3 is 4.74 Å². The number of ether oxygens (including phenoxy) is 1. The summed E-state index contributed by atoms with van der Waals surface area (Å²) in [6, 6.07) is 27.4. The van der Waals surface area contributed by atoms with Gasteiger partial charge in [-0.2, -0.15) is 0 Å². The topological polar surface area (TPSA) is 55.3 Å². The Kier molecular flexibility index (Phi) is 5.83. The summed E-state index contributed by atoms with van der Waals surface area (Å²) in [5, 5.41) is 0.638. The Balaban J connectivity index is 1.50. The van der Waals surface area contributed by atoms with Crippen molar-refractivity contribution in [3.8, 4) is 16.9 Å². The number of aromatic nitrogens is 2. The first-order chi connectivity index (χ1) is 16.2. The maximum Gasteiger partial charge on any atom is 0.260 e. The predicted octanol–water partition coefficient (Wildman–Crippen LogP) is 6.21. The van der Waals surface area contributed by atoms with Crippen LogP contribution in [0.5, 0.6) is 5.75 Å². The van der Waals surface area contributed by atoms with E-state index in [1.165, 1.54) is 11.3 Å². The van der Waals surface area contributed by atoms with Crippen molar-refractivity contribution in [2.24, 2.45) is 0 Å². The minimum Gasteiger partial charge on any atom is -0.497 e. The molecule has 0 saturated heterocycles. The third kappa shape index (κ3) is 4.47. The number of anilines is 1. The van der Waals surface area contributed by atoms with Gasteiger partial charge in [0.15, 0.2) is 5.13 Å². The fraction of sp³-hybridized carbons (Fsp3) is 0.0741. The van der Waals surface area contributed by atoms with Crippen molar-refractivity contribution in [1.29, 1.82) is 0 Å². The van der Waals surface area contributed by atoms with Gasteiger partial charge in [-0.15, -0.1) is 0 Å². The van der Waals surface area contributed by atoms with Gasteiger partial charge >= 0.3 is 0 Å². The van der Waals surface area contributed by atoms with Crippen LogP contribution in [-0.2, 0) is 6.54 Å². The van der Waals surface area contributed by atoms with Gasteiger partial charge in [0.05, 0.1) is 23.9 Å². The molecule has 0 N–H and O–H groups in total. The van der Waals surface area contributed by atoms with Crippen molar-refractivity contribution >= 4 is 32.6 Å². The second-order valence-electron chi connectivity index (χ2n) is 7.53. The quantitative estimate of drug-likeness (QED) is 0.308. The molecule has 33 heavy (non-hydrogen) atoms. The molecule has 6 heteroatoms. The molecule has 5 aromatic rings. The Labute approximate surface area is 195 Å². The summed E-state index contributed by atoms with van der Waals surface area (Å²) < 4.78 is 6.32. The summed E-state index contributed by atoms with van der Waals surface area (Å²) in [7, 11) is 1.63. The Hall–Kier alpha value is -4.03. The summed E-state index contributed by atoms with van der Waals surface area (Å²) in [6.45, 7) is 0.379. The minimum absolute atomic E-state index is 0.107. The number of benzene rings is 3. The zero-order valence-electron chi connectivity index (χ0n) is 18.0. The number of thiazole rings is 1. The molecule has 3 aromatic carbocycles. The molecule has 1 amide bonds. The van der Waals surface area contributed by atoms with E-state index in [-0.39, 0.29) is 5.91 Å². The molecule has 0 aliphatic heterocycles. The summed E-state index contributed by atoms with van der Waals surface area (Å²) in [5.41, 5.74) is 4.53. The second-order valence-corrected chi connectivity index (χ2v) is 8.54. The fourth-order valence-corrected chi connectivity index (χ4v) is 4.57. The van der Waals surface area contributed by atoms with Crippen LogP contribution in [0.1, 0.15) is 15.9 Å². The molecule has 0 radical (unpaired) electrons. The van der Waals surface area contributed by atoms with Crippen molar-refractivity contribution in [3.05, 3.63) is 108 Å². The van der Waals surface area contributed by atoms with Crippen LogP contribution in [0.15, 0.2) is 97.3 Å². The molecule has 0 saturated carbocycles. The smallest absolute Gasteiger partial charge is 0.260 e. The molecule has 2 heterocycles. The highest BCUT2D eigenvalue weighted by Crippen LogP contribution is 2.33. The van der Waals surface area contributed by atoms with Crippen molar-refractivity contribution in [2.75, 3.05) is 12.0 Å². The lowest BCUT2D eigenvalue weighted by molar-refractivity contribution is 0.0985. The zero-order chi connectivity index (χ0) is 22.6. The van der Waals surface area contributed by atoms with Crippen molar-refractivity contribution in [1.82, 2.24) is 9.97 Å². The summed E-state index contributed by atoms with van der Waals surface area (Å²) >= 11 is 1.48. The highest BCUT2D eigenvalue weighted by Gasteiger charge is 2.22. The van der Waals surface area contributed by atoms with Crippen LogP contribution >= 0.6 is 11.3 Å². The van der Waals surface area contributed by atoms with Crippen molar-refractivity contribution < 1.29 is 9.53 Å². The van der Waals surface area contributed by atoms with Crippen LogP contribution in [-0.4, -0.2) is 23.0 Å². The normalized spacial score (nSPS) is 10.8. The second kappa shape index (κ2) is 9.22. The molecular formula is C27H21N3O2S. The molecule has 0 spiro atoms. The number of fused-ring (bicyclic) bond motifs is 1. The van der Waals surface area contributed by atoms with E-state index in [2.05, 4.69) is 17.1 Å². The Morgan fingerprint density at radius 3 is 2.45 bits per heavy atom. The lowest BCUT2D eigenvalue weighted by Gasteiger charge is -2.20. The van der Waals surface area contributed by atoms with Crippen LogP contribution in [0.2, 0.25) is 0 Å². The van der Waals surface area contributed by atoms with E-state index in [0.29, 0.717) is 17.2 Å². The van der Waals surface area contributed by atoms with Crippen LogP contribution in [0.4, 0.5) is 5.13 Å². The summed E-state index contributed by atoms with van der Waals surface area (Å²) in [5.74, 6) is 0.630. The lowest BCUT2D eigenvalue weighted by atomic mass is 10.0. The number of carbonyl (C=O) groups is 1. The number of rotatable bonds is 6. The van der Waals surface area contributed by atoms with Gasteiger partial charge in [-0.25, -0.2) is 4.98 Å². The summed E-state index contributed by atoms with van der Waals surface area (Å²) in [4.78, 5) is 24.3. The number of methoxy groups -OCH3 is 1. The van der Waals surface area contributed by atoms with Gasteiger partial charge in [0.1, 0.15) is 5.75 Å². The van der Waals surface area contributed by atoms with Gasteiger partial charge in [-0.1, -0.05) is 59.9 Å². The summed E-state index contributed by atoms with van der Waals surface area (Å²) in [6.07, 6.45) is 3.50. The monoisotopic (exact) mass is 451 g/mol. The first kappa shape index (κ1) is 20.8. The predicted molar refractivity (Wildman–Crippen MR) is 133 cm³/mol. The number of pyridine rings is 1. The third-order valence-electron chi connectivity index (χ3n) is 5.36. The maximum absolute atomic E-state index is 13.6. The van der Waals surface area contributed by atoms with Gasteiger partial charge in [0.2, 0.25) is 0 Å². The number of nitrogens with zero attached hydrogens (tertiary/aromatic N) is 3. The Bertz CT molecular complexity index is 1380. The van der Waals surface area contributed by atoms with E-state index in [1.807, 2.05) is 72.8 Å². The minimum atomic E-state index is -0.107. The van der Waals surface area contributed by atoms with Crippen molar-refractivity contribution in [3.63, 3.8) is 0 Å². The van der Waals surface area contributed by atoms with Crippen LogP contribution in [0.3, 0.4) is 0 Å². The van der Waals surface area contributed by atoms with E-state index < -0.39 is 0 Å². The number of amides is 1. The average Bonchev–Trinajstić information content (AvgIpc) is 3.31. The van der Waals surface area contributed by atoms with E-state index in [0.717, 1.165) is 32.7 Å². The van der Waals surface area contributed by atoms with Crippen molar-refractivity contribution in [2.45, 2.75) is 6.54 Å². The van der Waals surface area contributed by atoms with Crippen LogP contribution < -0.4 is 9.64 Å². The molecule has 0 aliphatic rings. The third-order valence-corrected chi connectivity index (χ3v) is 6.42. The largest absolute Gasteiger partial charge is 0.497 e. The molecule has 0 atom stereocenters. The molecule has 0 unspecified atom stereocenters. The molecular weight excluding hydrogens is 430 g/mol. The fourth-order valence-electron chi connectivity index (χ4n) is 3.63. The highest BCUT2D eigenvalue weighted by molar-refractivity contribution is 7.22. The lowest BCUT2D eigenvalue weighted by Crippen LogP contribution is -2.30. The van der Waals surface area contributed by atoms with E-state index in [9.17, 15) is 4.79 Å². The first-order valence-electron chi connectivity index (χ1n) is 10.5. The Morgan fingerprint density at radius 1 is 0.939 bits per heavy atom. The van der Waals surface area contributed by atoms with Gasteiger partial charge in [-0.3, -0.25) is 14.7 Å². The van der Waals surface area contributed by atoms with Gasteiger partial charge in [0.25, 0.3) is 5.91 Å². The molecule has 162 valence electrons. The molecule has 0 bridgehead atoms. The first-order valence-corrected chi connectivity index (χ1v) is 11.3. The SMILES string of the molecule is COc1ccc2sc(N(Cc3cccnc3)C(=O)c3ccc(-c4ccccc4)cc3)nc2c1. The average molecular weight is 452 g/mol. The van der Waals surface area contributed by atoms with E-state index >= 15 is 0 Å². The number of carbonyl (C=O) groups excluding carboxylic acids is 1.